The molecule has 1 aromatic carbocycles. The lowest BCUT2D eigenvalue weighted by Crippen LogP contribution is -2.27. The molecule has 1 N–H and O–H groups in total. The molecule has 0 radical (unpaired) electrons. The van der Waals surface area contributed by atoms with Gasteiger partial charge in [-0.2, -0.15) is 5.10 Å². The second-order valence-electron chi connectivity index (χ2n) is 4.96. The number of aliphatic hydroxyl groups is 1. The number of hydrogen-bond donors (Lipinski definition) is 1. The van der Waals surface area contributed by atoms with Crippen molar-refractivity contribution in [2.75, 3.05) is 0 Å². The Hall–Kier alpha value is -2.47. The van der Waals surface area contributed by atoms with Gasteiger partial charge in [-0.05, 0) is 19.4 Å². The van der Waals surface area contributed by atoms with Crippen LogP contribution in [0.4, 0.5) is 0 Å². The molecule has 0 aliphatic rings. The monoisotopic (exact) mass is 285 g/mol. The Kier molecular flexibility index (Phi) is 3.31. The van der Waals surface area contributed by atoms with E-state index in [1.54, 1.807) is 26.0 Å². The Morgan fingerprint density at radius 3 is 2.71 bits per heavy atom. The second-order valence-corrected chi connectivity index (χ2v) is 4.96. The van der Waals surface area contributed by atoms with Crippen LogP contribution in [0.2, 0.25) is 0 Å². The van der Waals surface area contributed by atoms with Crippen molar-refractivity contribution in [3.05, 3.63) is 57.7 Å². The summed E-state index contributed by atoms with van der Waals surface area (Å²) in [6.07, 6.45) is -0.804. The maximum atomic E-state index is 12.3. The summed E-state index contributed by atoms with van der Waals surface area (Å²) in [6, 6.07) is 9.16. The van der Waals surface area contributed by atoms with Gasteiger partial charge in [-0.3, -0.25) is 4.79 Å². The van der Waals surface area contributed by atoms with Crippen molar-refractivity contribution in [1.82, 2.24) is 14.9 Å². The fraction of sp³-hybridized carbons (Fsp3) is 0.267. The number of benzene rings is 1. The number of rotatable bonds is 3. The molecule has 0 saturated heterocycles. The number of nitrogens with zero attached hydrogens (tertiary/aromatic N) is 3. The number of aliphatic hydroxyl groups excluding tert-OH is 1. The first-order valence-corrected chi connectivity index (χ1v) is 6.64. The first-order chi connectivity index (χ1) is 10.1. The van der Waals surface area contributed by atoms with Crippen LogP contribution in [-0.4, -0.2) is 20.0 Å². The first-order valence-electron chi connectivity index (χ1n) is 6.64. The van der Waals surface area contributed by atoms with Crippen LogP contribution in [-0.2, 0) is 6.54 Å². The van der Waals surface area contributed by atoms with E-state index in [2.05, 4.69) is 10.3 Å². The Morgan fingerprint density at radius 1 is 1.29 bits per heavy atom. The summed E-state index contributed by atoms with van der Waals surface area (Å²) in [5.41, 5.74) is 1.28. The summed E-state index contributed by atoms with van der Waals surface area (Å²) in [7, 11) is 0. The van der Waals surface area contributed by atoms with Crippen LogP contribution in [0.5, 0.6) is 0 Å². The highest BCUT2D eigenvalue weighted by atomic mass is 16.5. The highest BCUT2D eigenvalue weighted by molar-refractivity contribution is 5.81. The van der Waals surface area contributed by atoms with Gasteiger partial charge < -0.3 is 9.63 Å². The fourth-order valence-corrected chi connectivity index (χ4v) is 2.41. The molecule has 6 heteroatoms. The normalized spacial score (nSPS) is 12.7. The quantitative estimate of drug-likeness (QED) is 0.792. The lowest BCUT2D eigenvalue weighted by molar-refractivity contribution is 0.149. The van der Waals surface area contributed by atoms with Gasteiger partial charge in [0.15, 0.2) is 5.52 Å². The maximum absolute atomic E-state index is 12.3. The van der Waals surface area contributed by atoms with Crippen molar-refractivity contribution in [2.24, 2.45) is 0 Å². The summed E-state index contributed by atoms with van der Waals surface area (Å²) >= 11 is 0. The van der Waals surface area contributed by atoms with E-state index in [1.165, 1.54) is 4.68 Å². The Balaban J connectivity index is 2.02. The zero-order valence-electron chi connectivity index (χ0n) is 11.8. The van der Waals surface area contributed by atoms with E-state index in [1.807, 2.05) is 18.2 Å². The topological polar surface area (TPSA) is 81.1 Å². The van der Waals surface area contributed by atoms with Crippen molar-refractivity contribution in [3.63, 3.8) is 0 Å². The van der Waals surface area contributed by atoms with Crippen molar-refractivity contribution in [1.29, 1.82) is 0 Å². The van der Waals surface area contributed by atoms with Gasteiger partial charge in [-0.15, -0.1) is 0 Å². The third-order valence-electron chi connectivity index (χ3n) is 3.46. The van der Waals surface area contributed by atoms with Crippen molar-refractivity contribution in [3.8, 4) is 0 Å². The third-order valence-corrected chi connectivity index (χ3v) is 3.46. The Bertz CT molecular complexity index is 836. The lowest BCUT2D eigenvalue weighted by atomic mass is 10.1. The second kappa shape index (κ2) is 5.14. The van der Waals surface area contributed by atoms with Crippen LogP contribution in [0.3, 0.4) is 0 Å². The smallest absolute Gasteiger partial charge is 0.296 e. The lowest BCUT2D eigenvalue weighted by Gasteiger charge is -2.12. The molecule has 0 aliphatic carbocycles. The van der Waals surface area contributed by atoms with Crippen LogP contribution in [0.25, 0.3) is 10.9 Å². The standard InChI is InChI=1S/C15H15N3O3/c1-9-13-10(2)21-17-14(13)15(20)18(16-9)8-12(19)11-6-4-3-5-7-11/h3-7,12,19H,8H2,1-2H3/t12-/m0/s1. The molecule has 3 rings (SSSR count). The number of aromatic nitrogens is 3. The molecule has 0 amide bonds. The van der Waals surface area contributed by atoms with E-state index in [0.717, 1.165) is 5.56 Å². The first kappa shape index (κ1) is 13.5. The summed E-state index contributed by atoms with van der Waals surface area (Å²) in [4.78, 5) is 12.3. The van der Waals surface area contributed by atoms with E-state index >= 15 is 0 Å². The van der Waals surface area contributed by atoms with Crippen LogP contribution in [0.1, 0.15) is 23.1 Å². The molecule has 0 aliphatic heterocycles. The van der Waals surface area contributed by atoms with Crippen molar-refractivity contribution >= 4 is 10.9 Å². The zero-order chi connectivity index (χ0) is 15.0. The molecule has 0 fully saturated rings. The average molecular weight is 285 g/mol. The molecule has 108 valence electrons. The van der Waals surface area contributed by atoms with Crippen LogP contribution in [0, 0.1) is 13.8 Å². The molecule has 2 heterocycles. The number of aryl methyl sites for hydroxylation is 2. The molecule has 0 spiro atoms. The fourth-order valence-electron chi connectivity index (χ4n) is 2.41. The van der Waals surface area contributed by atoms with E-state index in [0.29, 0.717) is 16.8 Å². The van der Waals surface area contributed by atoms with Gasteiger partial charge in [0.2, 0.25) is 0 Å². The van der Waals surface area contributed by atoms with Crippen LogP contribution in [0.15, 0.2) is 39.6 Å². The minimum absolute atomic E-state index is 0.0749. The number of fused-ring (bicyclic) bond motifs is 1. The van der Waals surface area contributed by atoms with Gasteiger partial charge in [0.25, 0.3) is 5.56 Å². The highest BCUT2D eigenvalue weighted by Gasteiger charge is 2.17. The Labute approximate surface area is 120 Å². The molecule has 6 nitrogen and oxygen atoms in total. The number of hydrogen-bond acceptors (Lipinski definition) is 5. The summed E-state index contributed by atoms with van der Waals surface area (Å²) in [6.45, 7) is 3.61. The van der Waals surface area contributed by atoms with Gasteiger partial charge in [-0.1, -0.05) is 35.5 Å². The minimum Gasteiger partial charge on any atom is -0.386 e. The third kappa shape index (κ3) is 2.34. The SMILES string of the molecule is Cc1nn(C[C@H](O)c2ccccc2)c(=O)c2noc(C)c12. The van der Waals surface area contributed by atoms with E-state index in [9.17, 15) is 9.90 Å². The predicted octanol–water partition coefficient (Wildman–Crippen LogP) is 1.73. The van der Waals surface area contributed by atoms with Gasteiger partial charge in [0.05, 0.1) is 23.7 Å². The molecular weight excluding hydrogens is 270 g/mol. The molecule has 3 aromatic rings. The van der Waals surface area contributed by atoms with E-state index < -0.39 is 6.10 Å². The maximum Gasteiger partial charge on any atom is 0.296 e. The Morgan fingerprint density at radius 2 is 2.00 bits per heavy atom. The van der Waals surface area contributed by atoms with E-state index in [4.69, 9.17) is 4.52 Å². The van der Waals surface area contributed by atoms with E-state index in [-0.39, 0.29) is 17.6 Å². The summed E-state index contributed by atoms with van der Waals surface area (Å²) in [5, 5.41) is 18.9. The van der Waals surface area contributed by atoms with Gasteiger partial charge in [-0.25, -0.2) is 4.68 Å². The molecule has 0 saturated carbocycles. The summed E-state index contributed by atoms with van der Waals surface area (Å²) < 4.78 is 6.29. The van der Waals surface area contributed by atoms with Crippen LogP contribution >= 0.6 is 0 Å². The highest BCUT2D eigenvalue weighted by Crippen LogP contribution is 2.18. The predicted molar refractivity (Wildman–Crippen MR) is 76.9 cm³/mol. The molecule has 2 aromatic heterocycles. The molecule has 0 bridgehead atoms. The molecule has 1 atom stereocenters. The molecule has 0 unspecified atom stereocenters. The van der Waals surface area contributed by atoms with Gasteiger partial charge in [0.1, 0.15) is 5.76 Å². The molecular formula is C15H15N3O3. The zero-order valence-corrected chi connectivity index (χ0v) is 11.8. The van der Waals surface area contributed by atoms with Crippen molar-refractivity contribution in [2.45, 2.75) is 26.5 Å². The van der Waals surface area contributed by atoms with Crippen LogP contribution < -0.4 is 5.56 Å². The minimum atomic E-state index is -0.804. The largest absolute Gasteiger partial charge is 0.386 e. The molecule has 21 heavy (non-hydrogen) atoms. The van der Waals surface area contributed by atoms with Gasteiger partial charge >= 0.3 is 0 Å². The van der Waals surface area contributed by atoms with Crippen molar-refractivity contribution < 1.29 is 9.63 Å². The van der Waals surface area contributed by atoms with Gasteiger partial charge in [0, 0.05) is 0 Å². The summed E-state index contributed by atoms with van der Waals surface area (Å²) in [5.74, 6) is 0.572. The average Bonchev–Trinajstić information content (AvgIpc) is 2.88.